The van der Waals surface area contributed by atoms with Crippen LogP contribution in [0.2, 0.25) is 0 Å². The lowest BCUT2D eigenvalue weighted by molar-refractivity contribution is -0.0591. The molecule has 2 heterocycles. The highest BCUT2D eigenvalue weighted by Gasteiger charge is 2.61. The number of oxime groups is 1. The molecule has 0 N–H and O–H groups in total. The zero-order chi connectivity index (χ0) is 16.9. The molecule has 2 aromatic carbocycles. The smallest absolute Gasteiger partial charge is 0.224 e. The summed E-state index contributed by atoms with van der Waals surface area (Å²) >= 11 is 0. The van der Waals surface area contributed by atoms with Gasteiger partial charge in [0.25, 0.3) is 0 Å². The molecule has 0 aliphatic carbocycles. The van der Waals surface area contributed by atoms with E-state index in [1.807, 2.05) is 18.2 Å². The molecule has 0 unspecified atom stereocenters. The number of likely N-dealkylation sites (N-methyl/N-ethyl adjacent to an activating group) is 1. The van der Waals surface area contributed by atoms with E-state index in [2.05, 4.69) is 61.3 Å². The van der Waals surface area contributed by atoms with Gasteiger partial charge in [0, 0.05) is 18.3 Å². The molecule has 24 heavy (non-hydrogen) atoms. The van der Waals surface area contributed by atoms with Gasteiger partial charge in [0.1, 0.15) is 5.75 Å². The van der Waals surface area contributed by atoms with Crippen molar-refractivity contribution >= 4 is 11.4 Å². The highest BCUT2D eigenvalue weighted by atomic mass is 16.7. The SMILES string of the molecule is COc1cccc(C2=NO[C@@]3(C2)N(C)c2ccccc2C3(C)C)c1. The normalized spacial score (nSPS) is 23.8. The Balaban J connectivity index is 1.72. The summed E-state index contributed by atoms with van der Waals surface area (Å²) in [6.45, 7) is 4.47. The van der Waals surface area contributed by atoms with Crippen molar-refractivity contribution in [1.29, 1.82) is 0 Å². The summed E-state index contributed by atoms with van der Waals surface area (Å²) in [6.07, 6.45) is 0.734. The van der Waals surface area contributed by atoms with Gasteiger partial charge in [-0.3, -0.25) is 0 Å². The van der Waals surface area contributed by atoms with E-state index in [0.29, 0.717) is 0 Å². The number of rotatable bonds is 2. The molecule has 4 heteroatoms. The molecular formula is C20H22N2O2. The molecule has 4 rings (SSSR count). The predicted molar refractivity (Wildman–Crippen MR) is 95.8 cm³/mol. The molecule has 2 aliphatic rings. The Kier molecular flexibility index (Phi) is 3.14. The average Bonchev–Trinajstić information content (AvgIpc) is 3.13. The molecule has 0 saturated carbocycles. The van der Waals surface area contributed by atoms with Crippen LogP contribution in [0.15, 0.2) is 53.7 Å². The molecule has 2 aliphatic heterocycles. The van der Waals surface area contributed by atoms with Gasteiger partial charge in [-0.25, -0.2) is 0 Å². The van der Waals surface area contributed by atoms with Gasteiger partial charge in [-0.1, -0.05) is 35.5 Å². The van der Waals surface area contributed by atoms with Gasteiger partial charge >= 0.3 is 0 Å². The topological polar surface area (TPSA) is 34.1 Å². The fourth-order valence-corrected chi connectivity index (χ4v) is 4.01. The summed E-state index contributed by atoms with van der Waals surface area (Å²) in [5, 5.41) is 4.47. The first kappa shape index (κ1) is 15.1. The Morgan fingerprint density at radius 1 is 1.12 bits per heavy atom. The lowest BCUT2D eigenvalue weighted by Gasteiger charge is -2.40. The van der Waals surface area contributed by atoms with E-state index < -0.39 is 5.72 Å². The Labute approximate surface area is 142 Å². The first-order chi connectivity index (χ1) is 11.5. The number of fused-ring (bicyclic) bond motifs is 1. The fraction of sp³-hybridized carbons (Fsp3) is 0.350. The summed E-state index contributed by atoms with van der Waals surface area (Å²) in [5.74, 6) is 0.832. The monoisotopic (exact) mass is 322 g/mol. The third-order valence-electron chi connectivity index (χ3n) is 5.57. The molecule has 0 bridgehead atoms. The van der Waals surface area contributed by atoms with Crippen LogP contribution in [-0.4, -0.2) is 25.6 Å². The molecule has 0 fully saturated rings. The van der Waals surface area contributed by atoms with Crippen molar-refractivity contribution in [2.24, 2.45) is 5.16 Å². The Morgan fingerprint density at radius 3 is 2.67 bits per heavy atom. The second kappa shape index (κ2) is 5.00. The third-order valence-corrected chi connectivity index (χ3v) is 5.57. The van der Waals surface area contributed by atoms with E-state index in [4.69, 9.17) is 9.57 Å². The Morgan fingerprint density at radius 2 is 1.92 bits per heavy atom. The van der Waals surface area contributed by atoms with Crippen LogP contribution < -0.4 is 9.64 Å². The van der Waals surface area contributed by atoms with Gasteiger partial charge in [0.15, 0.2) is 0 Å². The van der Waals surface area contributed by atoms with Gasteiger partial charge < -0.3 is 14.5 Å². The van der Waals surface area contributed by atoms with Crippen LogP contribution >= 0.6 is 0 Å². The van der Waals surface area contributed by atoms with Crippen LogP contribution in [0, 0.1) is 0 Å². The lowest BCUT2D eigenvalue weighted by Crippen LogP contribution is -2.54. The van der Waals surface area contributed by atoms with Crippen LogP contribution in [0.25, 0.3) is 0 Å². The molecule has 0 radical (unpaired) electrons. The maximum Gasteiger partial charge on any atom is 0.224 e. The van der Waals surface area contributed by atoms with Crippen molar-refractivity contribution in [3.63, 3.8) is 0 Å². The predicted octanol–water partition coefficient (Wildman–Crippen LogP) is 3.94. The highest BCUT2D eigenvalue weighted by Crippen LogP contribution is 2.55. The number of nitrogens with zero attached hydrogens (tertiary/aromatic N) is 2. The summed E-state index contributed by atoms with van der Waals surface area (Å²) in [5.41, 5.74) is 3.87. The van der Waals surface area contributed by atoms with Gasteiger partial charge in [0.05, 0.1) is 24.7 Å². The summed E-state index contributed by atoms with van der Waals surface area (Å²) in [4.78, 5) is 8.36. The van der Waals surface area contributed by atoms with E-state index in [-0.39, 0.29) is 5.41 Å². The molecule has 0 aromatic heterocycles. The van der Waals surface area contributed by atoms with Gasteiger partial charge in [-0.2, -0.15) is 0 Å². The van der Waals surface area contributed by atoms with Crippen LogP contribution in [0.1, 0.15) is 31.4 Å². The van der Waals surface area contributed by atoms with Crippen molar-refractivity contribution in [3.8, 4) is 5.75 Å². The number of benzene rings is 2. The molecule has 124 valence electrons. The van der Waals surface area contributed by atoms with Crippen molar-refractivity contribution in [1.82, 2.24) is 0 Å². The summed E-state index contributed by atoms with van der Waals surface area (Å²) in [6, 6.07) is 16.5. The van der Waals surface area contributed by atoms with Gasteiger partial charge in [0.2, 0.25) is 5.72 Å². The number of hydrogen-bond donors (Lipinski definition) is 0. The van der Waals surface area contributed by atoms with E-state index in [1.165, 1.54) is 11.3 Å². The van der Waals surface area contributed by atoms with Gasteiger partial charge in [-0.05, 0) is 37.6 Å². The third kappa shape index (κ3) is 1.83. The van der Waals surface area contributed by atoms with E-state index in [9.17, 15) is 0 Å². The zero-order valence-corrected chi connectivity index (χ0v) is 14.5. The summed E-state index contributed by atoms with van der Waals surface area (Å²) in [7, 11) is 3.77. The quantitative estimate of drug-likeness (QED) is 0.840. The van der Waals surface area contributed by atoms with E-state index in [0.717, 1.165) is 23.4 Å². The first-order valence-electron chi connectivity index (χ1n) is 8.22. The van der Waals surface area contributed by atoms with Crippen LogP contribution in [0.4, 0.5) is 5.69 Å². The number of para-hydroxylation sites is 1. The maximum absolute atomic E-state index is 6.13. The van der Waals surface area contributed by atoms with Crippen LogP contribution in [0.3, 0.4) is 0 Å². The zero-order valence-electron chi connectivity index (χ0n) is 14.5. The standard InChI is InChI=1S/C20H22N2O2/c1-19(2)16-10-5-6-11-18(16)22(3)20(19)13-17(21-24-20)14-8-7-9-15(12-14)23-4/h5-12H,13H2,1-4H3/t20-/m1/s1. The number of anilines is 1. The van der Waals surface area contributed by atoms with Crippen molar-refractivity contribution in [2.75, 3.05) is 19.1 Å². The van der Waals surface area contributed by atoms with E-state index >= 15 is 0 Å². The first-order valence-corrected chi connectivity index (χ1v) is 8.22. The number of hydrogen-bond acceptors (Lipinski definition) is 4. The highest BCUT2D eigenvalue weighted by molar-refractivity contribution is 6.02. The van der Waals surface area contributed by atoms with E-state index in [1.54, 1.807) is 7.11 Å². The van der Waals surface area contributed by atoms with Crippen LogP contribution in [-0.2, 0) is 10.3 Å². The minimum absolute atomic E-state index is 0.164. The number of ether oxygens (including phenoxy) is 1. The molecule has 0 amide bonds. The molecular weight excluding hydrogens is 300 g/mol. The fourth-order valence-electron chi connectivity index (χ4n) is 4.01. The Bertz CT molecular complexity index is 828. The minimum Gasteiger partial charge on any atom is -0.497 e. The molecule has 2 aromatic rings. The lowest BCUT2D eigenvalue weighted by atomic mass is 9.75. The van der Waals surface area contributed by atoms with Crippen molar-refractivity contribution < 1.29 is 9.57 Å². The molecule has 1 atom stereocenters. The van der Waals surface area contributed by atoms with Crippen molar-refractivity contribution in [2.45, 2.75) is 31.4 Å². The average molecular weight is 322 g/mol. The minimum atomic E-state index is -0.491. The molecule has 4 nitrogen and oxygen atoms in total. The maximum atomic E-state index is 6.13. The van der Waals surface area contributed by atoms with Gasteiger partial charge in [-0.15, -0.1) is 0 Å². The van der Waals surface area contributed by atoms with Crippen LogP contribution in [0.5, 0.6) is 5.75 Å². The second-order valence-corrected chi connectivity index (χ2v) is 7.02. The molecule has 0 saturated heterocycles. The largest absolute Gasteiger partial charge is 0.497 e. The van der Waals surface area contributed by atoms with Crippen molar-refractivity contribution in [3.05, 3.63) is 59.7 Å². The molecule has 1 spiro atoms. The number of methoxy groups -OCH3 is 1. The Hall–Kier alpha value is -2.49. The summed E-state index contributed by atoms with van der Waals surface area (Å²) < 4.78 is 5.34. The second-order valence-electron chi connectivity index (χ2n) is 7.02.